The van der Waals surface area contributed by atoms with Crippen molar-refractivity contribution in [3.8, 4) is 0 Å². The van der Waals surface area contributed by atoms with Crippen LogP contribution >= 0.6 is 0 Å². The molecule has 2 saturated carbocycles. The molecular weight excluding hydrogens is 252 g/mol. The molecule has 2 atom stereocenters. The molecule has 0 bridgehead atoms. The first-order valence-electron chi connectivity index (χ1n) is 7.88. The van der Waals surface area contributed by atoms with Gasteiger partial charge in [0.2, 0.25) is 0 Å². The minimum Gasteiger partial charge on any atom is -0.396 e. The maximum absolute atomic E-state index is 8.90. The lowest BCUT2D eigenvalue weighted by molar-refractivity contribution is 0.0131. The number of nitrogens with one attached hydrogen (secondary N) is 1. The zero-order valence-corrected chi connectivity index (χ0v) is 12.6. The van der Waals surface area contributed by atoms with Gasteiger partial charge in [0.25, 0.3) is 0 Å². The number of aliphatic hydroxyl groups is 1. The number of aromatic nitrogens is 1. The molecule has 2 aliphatic rings. The molecule has 0 amide bonds. The molecular formula is C16H26N2O2. The lowest BCUT2D eigenvalue weighted by Crippen LogP contribution is -2.57. The first-order valence-corrected chi connectivity index (χ1v) is 7.88. The molecule has 4 heteroatoms. The predicted octanol–water partition coefficient (Wildman–Crippen LogP) is 2.17. The molecule has 0 saturated heterocycles. The zero-order chi connectivity index (χ0) is 14.2. The second kappa shape index (κ2) is 5.49. The molecule has 2 fully saturated rings. The van der Waals surface area contributed by atoms with Crippen LogP contribution in [0.4, 0.5) is 0 Å². The number of nitrogens with zero attached hydrogens (tertiary/aromatic N) is 1. The Balaban J connectivity index is 1.50. The molecule has 1 heterocycles. The Morgan fingerprint density at radius 1 is 1.45 bits per heavy atom. The van der Waals surface area contributed by atoms with Gasteiger partial charge in [-0.2, -0.15) is 0 Å². The van der Waals surface area contributed by atoms with Crippen LogP contribution in [0.2, 0.25) is 0 Å². The van der Waals surface area contributed by atoms with E-state index in [0.717, 1.165) is 23.8 Å². The lowest BCUT2D eigenvalue weighted by Gasteiger charge is -2.52. The van der Waals surface area contributed by atoms with Crippen LogP contribution in [-0.2, 0) is 12.8 Å². The number of hydrogen-bond acceptors (Lipinski definition) is 4. The average molecular weight is 278 g/mol. The van der Waals surface area contributed by atoms with Crippen molar-refractivity contribution in [1.82, 2.24) is 10.5 Å². The summed E-state index contributed by atoms with van der Waals surface area (Å²) in [5.41, 5.74) is 1.37. The quantitative estimate of drug-likeness (QED) is 0.802. The molecule has 2 N–H and O–H groups in total. The van der Waals surface area contributed by atoms with E-state index in [1.165, 1.54) is 25.8 Å². The molecule has 0 spiro atoms. The third-order valence-electron chi connectivity index (χ3n) is 5.24. The largest absolute Gasteiger partial charge is 0.396 e. The van der Waals surface area contributed by atoms with Crippen molar-refractivity contribution in [2.45, 2.75) is 52.0 Å². The van der Waals surface area contributed by atoms with Crippen molar-refractivity contribution >= 4 is 0 Å². The summed E-state index contributed by atoms with van der Waals surface area (Å²) in [6.45, 7) is 6.04. The monoisotopic (exact) mass is 278 g/mol. The molecule has 3 rings (SSSR count). The van der Waals surface area contributed by atoms with Crippen LogP contribution in [0.15, 0.2) is 10.6 Å². The van der Waals surface area contributed by atoms with Crippen molar-refractivity contribution in [3.63, 3.8) is 0 Å². The SMILES string of the molecule is CC1(C)[C@H](Cc2cc(CCO)on2)C[C@@H]1NCC1CC1. The van der Waals surface area contributed by atoms with E-state index in [1.54, 1.807) is 0 Å². The highest BCUT2D eigenvalue weighted by Crippen LogP contribution is 2.48. The summed E-state index contributed by atoms with van der Waals surface area (Å²) < 4.78 is 5.23. The topological polar surface area (TPSA) is 58.3 Å². The number of rotatable bonds is 7. The van der Waals surface area contributed by atoms with Crippen molar-refractivity contribution < 1.29 is 9.63 Å². The predicted molar refractivity (Wildman–Crippen MR) is 77.4 cm³/mol. The van der Waals surface area contributed by atoms with Crippen LogP contribution in [0.3, 0.4) is 0 Å². The maximum Gasteiger partial charge on any atom is 0.139 e. The fourth-order valence-electron chi connectivity index (χ4n) is 3.27. The Morgan fingerprint density at radius 2 is 2.25 bits per heavy atom. The van der Waals surface area contributed by atoms with E-state index in [2.05, 4.69) is 24.3 Å². The molecule has 20 heavy (non-hydrogen) atoms. The molecule has 1 aromatic rings. The van der Waals surface area contributed by atoms with E-state index < -0.39 is 0 Å². The van der Waals surface area contributed by atoms with Crippen LogP contribution in [0.25, 0.3) is 0 Å². The summed E-state index contributed by atoms with van der Waals surface area (Å²) in [5.74, 6) is 2.41. The molecule has 1 aromatic heterocycles. The van der Waals surface area contributed by atoms with E-state index in [1.807, 2.05) is 6.07 Å². The second-order valence-corrected chi connectivity index (χ2v) is 7.12. The summed E-state index contributed by atoms with van der Waals surface area (Å²) >= 11 is 0. The summed E-state index contributed by atoms with van der Waals surface area (Å²) in [6, 6.07) is 2.65. The van der Waals surface area contributed by atoms with Gasteiger partial charge in [0.1, 0.15) is 5.76 Å². The molecule has 0 unspecified atom stereocenters. The van der Waals surface area contributed by atoms with E-state index >= 15 is 0 Å². The van der Waals surface area contributed by atoms with Crippen LogP contribution in [-0.4, -0.2) is 29.5 Å². The summed E-state index contributed by atoms with van der Waals surface area (Å²) in [6.07, 6.45) is 5.62. The maximum atomic E-state index is 8.90. The molecule has 4 nitrogen and oxygen atoms in total. The van der Waals surface area contributed by atoms with Crippen molar-refractivity contribution in [2.75, 3.05) is 13.2 Å². The van der Waals surface area contributed by atoms with Crippen LogP contribution < -0.4 is 5.32 Å². The Bertz CT molecular complexity index is 451. The smallest absolute Gasteiger partial charge is 0.139 e. The summed E-state index contributed by atoms with van der Waals surface area (Å²) in [5, 5.41) is 16.8. The highest BCUT2D eigenvalue weighted by Gasteiger charge is 2.48. The van der Waals surface area contributed by atoms with Gasteiger partial charge in [-0.05, 0) is 49.5 Å². The lowest BCUT2D eigenvalue weighted by atomic mass is 9.57. The Hall–Kier alpha value is -0.870. The van der Waals surface area contributed by atoms with Crippen molar-refractivity contribution in [3.05, 3.63) is 17.5 Å². The number of aliphatic hydroxyl groups excluding tert-OH is 1. The first-order chi connectivity index (χ1) is 9.59. The van der Waals surface area contributed by atoms with Gasteiger partial charge < -0.3 is 14.9 Å². The van der Waals surface area contributed by atoms with Crippen LogP contribution in [0.1, 0.15) is 44.6 Å². The summed E-state index contributed by atoms with van der Waals surface area (Å²) in [7, 11) is 0. The molecule has 0 aliphatic heterocycles. The zero-order valence-electron chi connectivity index (χ0n) is 12.6. The van der Waals surface area contributed by atoms with Crippen molar-refractivity contribution in [2.24, 2.45) is 17.3 Å². The van der Waals surface area contributed by atoms with Gasteiger partial charge in [-0.15, -0.1) is 0 Å². The second-order valence-electron chi connectivity index (χ2n) is 7.12. The van der Waals surface area contributed by atoms with Gasteiger partial charge >= 0.3 is 0 Å². The van der Waals surface area contributed by atoms with Gasteiger partial charge in [0, 0.05) is 18.5 Å². The van der Waals surface area contributed by atoms with E-state index in [0.29, 0.717) is 23.8 Å². The van der Waals surface area contributed by atoms with Crippen molar-refractivity contribution in [1.29, 1.82) is 0 Å². The third-order valence-corrected chi connectivity index (χ3v) is 5.24. The Morgan fingerprint density at radius 3 is 2.90 bits per heavy atom. The first kappa shape index (κ1) is 14.1. The van der Waals surface area contributed by atoms with Gasteiger partial charge in [-0.25, -0.2) is 0 Å². The van der Waals surface area contributed by atoms with Crippen LogP contribution in [0.5, 0.6) is 0 Å². The average Bonchev–Trinajstić information content (AvgIpc) is 3.13. The minimum absolute atomic E-state index is 0.122. The fraction of sp³-hybridized carbons (Fsp3) is 0.812. The van der Waals surface area contributed by atoms with E-state index in [4.69, 9.17) is 9.63 Å². The highest BCUT2D eigenvalue weighted by molar-refractivity contribution is 5.11. The normalized spacial score (nSPS) is 28.4. The van der Waals surface area contributed by atoms with E-state index in [9.17, 15) is 0 Å². The number of hydrogen-bond donors (Lipinski definition) is 2. The van der Waals surface area contributed by atoms with Gasteiger partial charge in [0.05, 0.1) is 12.3 Å². The fourth-order valence-corrected chi connectivity index (χ4v) is 3.27. The minimum atomic E-state index is 0.122. The highest BCUT2D eigenvalue weighted by atomic mass is 16.5. The standard InChI is InChI=1S/C16H26N2O2/c1-16(2)12(8-15(16)17-10-11-3-4-11)7-13-9-14(5-6-19)20-18-13/h9,11-12,15,17,19H,3-8,10H2,1-2H3/t12-,15+/m1/s1. The molecule has 0 radical (unpaired) electrons. The Kier molecular flexibility index (Phi) is 3.87. The Labute approximate surface area is 120 Å². The third kappa shape index (κ3) is 2.91. The van der Waals surface area contributed by atoms with Gasteiger partial charge in [-0.1, -0.05) is 19.0 Å². The summed E-state index contributed by atoms with van der Waals surface area (Å²) in [4.78, 5) is 0. The molecule has 2 aliphatic carbocycles. The molecule has 0 aromatic carbocycles. The van der Waals surface area contributed by atoms with Gasteiger partial charge in [0.15, 0.2) is 0 Å². The van der Waals surface area contributed by atoms with E-state index in [-0.39, 0.29) is 6.61 Å². The van der Waals surface area contributed by atoms with Gasteiger partial charge in [-0.3, -0.25) is 0 Å². The molecule has 112 valence electrons. The van der Waals surface area contributed by atoms with Crippen LogP contribution in [0, 0.1) is 17.3 Å².